The number of Topliss-reactive ketones (excluding diaryl/α,β-unsaturated/α-hetero) is 1. The average molecular weight is 418 g/mol. The second-order valence-corrected chi connectivity index (χ2v) is 8.21. The van der Waals surface area contributed by atoms with Gasteiger partial charge in [-0.2, -0.15) is 0 Å². The van der Waals surface area contributed by atoms with Crippen LogP contribution < -0.4 is 5.32 Å². The third-order valence-corrected chi connectivity index (χ3v) is 6.02. The van der Waals surface area contributed by atoms with Crippen LogP contribution in [0.5, 0.6) is 0 Å². The lowest BCUT2D eigenvalue weighted by molar-refractivity contribution is -0.132. The van der Waals surface area contributed by atoms with E-state index in [1.54, 1.807) is 16.8 Å². The van der Waals surface area contributed by atoms with Gasteiger partial charge in [-0.1, -0.05) is 24.3 Å². The van der Waals surface area contributed by atoms with Crippen LogP contribution in [-0.2, 0) is 16.1 Å². The van der Waals surface area contributed by atoms with E-state index in [1.807, 2.05) is 55.1 Å². The van der Waals surface area contributed by atoms with Gasteiger partial charge >= 0.3 is 0 Å². The van der Waals surface area contributed by atoms with Crippen LogP contribution >= 0.6 is 0 Å². The molecule has 0 aliphatic carbocycles. The lowest BCUT2D eigenvalue weighted by Gasteiger charge is -2.27. The van der Waals surface area contributed by atoms with Gasteiger partial charge in [0, 0.05) is 35.9 Å². The number of benzene rings is 2. The molecule has 0 unspecified atom stereocenters. The molecule has 0 saturated carbocycles. The first-order valence-electron chi connectivity index (χ1n) is 10.7. The summed E-state index contributed by atoms with van der Waals surface area (Å²) in [6.45, 7) is 5.67. The molecule has 1 saturated heterocycles. The second-order valence-electron chi connectivity index (χ2n) is 8.21. The maximum atomic E-state index is 13.0. The molecule has 0 bridgehead atoms. The number of piperidine rings is 1. The minimum atomic E-state index is -0.687. The molecule has 6 nitrogen and oxygen atoms in total. The van der Waals surface area contributed by atoms with E-state index in [2.05, 4.69) is 5.32 Å². The highest BCUT2D eigenvalue weighted by Gasteiger charge is 2.24. The topological polar surface area (TPSA) is 71.4 Å². The Morgan fingerprint density at radius 2 is 1.68 bits per heavy atom. The smallest absolute Gasteiger partial charge is 0.296 e. The largest absolute Gasteiger partial charge is 0.341 e. The third kappa shape index (κ3) is 4.38. The predicted octanol–water partition coefficient (Wildman–Crippen LogP) is 4.09. The number of amides is 2. The van der Waals surface area contributed by atoms with Gasteiger partial charge in [0.25, 0.3) is 11.7 Å². The Hall–Kier alpha value is -3.41. The first-order valence-corrected chi connectivity index (χ1v) is 10.7. The Kier molecular flexibility index (Phi) is 5.89. The summed E-state index contributed by atoms with van der Waals surface area (Å²) in [5, 5.41) is 3.38. The van der Waals surface area contributed by atoms with Crippen molar-refractivity contribution in [3.8, 4) is 0 Å². The quantitative estimate of drug-likeness (QED) is 0.502. The summed E-state index contributed by atoms with van der Waals surface area (Å²) in [5.74, 6) is -1.26. The minimum absolute atomic E-state index is 0.0408. The predicted molar refractivity (Wildman–Crippen MR) is 121 cm³/mol. The van der Waals surface area contributed by atoms with Crippen molar-refractivity contribution in [2.24, 2.45) is 0 Å². The molecule has 0 atom stereocenters. The maximum Gasteiger partial charge on any atom is 0.296 e. The number of anilines is 1. The van der Waals surface area contributed by atoms with E-state index in [-0.39, 0.29) is 12.5 Å². The maximum absolute atomic E-state index is 13.0. The number of carbonyl (C=O) groups excluding carboxylic acids is 3. The first kappa shape index (κ1) is 20.8. The van der Waals surface area contributed by atoms with Crippen LogP contribution in [0, 0.1) is 13.8 Å². The van der Waals surface area contributed by atoms with Crippen molar-refractivity contribution in [3.05, 3.63) is 65.4 Å². The molecule has 2 heterocycles. The van der Waals surface area contributed by atoms with Crippen molar-refractivity contribution in [2.75, 3.05) is 18.4 Å². The van der Waals surface area contributed by atoms with Crippen LogP contribution in [0.1, 0.15) is 40.7 Å². The lowest BCUT2D eigenvalue weighted by Crippen LogP contribution is -2.37. The van der Waals surface area contributed by atoms with Gasteiger partial charge in [0.05, 0.1) is 5.56 Å². The van der Waals surface area contributed by atoms with Gasteiger partial charge in [-0.15, -0.1) is 0 Å². The van der Waals surface area contributed by atoms with Crippen LogP contribution in [0.15, 0.2) is 48.7 Å². The fourth-order valence-corrected chi connectivity index (χ4v) is 4.08. The fraction of sp³-hybridized carbons (Fsp3) is 0.320. The Morgan fingerprint density at radius 1 is 0.935 bits per heavy atom. The van der Waals surface area contributed by atoms with Gasteiger partial charge in [0.2, 0.25) is 5.91 Å². The monoisotopic (exact) mass is 417 g/mol. The number of para-hydroxylation sites is 1. The van der Waals surface area contributed by atoms with Crippen molar-refractivity contribution >= 4 is 34.2 Å². The molecule has 1 aliphatic rings. The van der Waals surface area contributed by atoms with Crippen LogP contribution in [0.2, 0.25) is 0 Å². The molecule has 1 fully saturated rings. The van der Waals surface area contributed by atoms with Gasteiger partial charge in [-0.3, -0.25) is 14.4 Å². The molecule has 0 spiro atoms. The molecular formula is C25H27N3O3. The normalized spacial score (nSPS) is 13.9. The minimum Gasteiger partial charge on any atom is -0.341 e. The number of fused-ring (bicyclic) bond motifs is 1. The zero-order valence-electron chi connectivity index (χ0n) is 18.0. The Bertz CT molecular complexity index is 1160. The molecule has 31 heavy (non-hydrogen) atoms. The highest BCUT2D eigenvalue weighted by molar-refractivity contribution is 6.48. The number of aryl methyl sites for hydroxylation is 2. The number of hydrogen-bond donors (Lipinski definition) is 1. The fourth-order valence-electron chi connectivity index (χ4n) is 4.08. The summed E-state index contributed by atoms with van der Waals surface area (Å²) in [7, 11) is 0. The van der Waals surface area contributed by atoms with E-state index in [0.29, 0.717) is 16.6 Å². The SMILES string of the molecule is Cc1ccc(NC(=O)C(=O)c2cn(CC(=O)N3CCCCC3)c3ccccc23)cc1C. The van der Waals surface area contributed by atoms with Gasteiger partial charge in [-0.25, -0.2) is 0 Å². The highest BCUT2D eigenvalue weighted by atomic mass is 16.2. The molecule has 2 amide bonds. The number of nitrogens with zero attached hydrogens (tertiary/aromatic N) is 2. The number of likely N-dealkylation sites (tertiary alicyclic amines) is 1. The average Bonchev–Trinajstić information content (AvgIpc) is 3.14. The molecule has 160 valence electrons. The van der Waals surface area contributed by atoms with E-state index >= 15 is 0 Å². The molecule has 4 rings (SSSR count). The number of aromatic nitrogens is 1. The molecule has 3 aromatic rings. The summed E-state index contributed by atoms with van der Waals surface area (Å²) in [4.78, 5) is 40.3. The van der Waals surface area contributed by atoms with E-state index < -0.39 is 11.7 Å². The molecule has 6 heteroatoms. The summed E-state index contributed by atoms with van der Waals surface area (Å²) in [6, 6.07) is 12.9. The zero-order chi connectivity index (χ0) is 22.0. The van der Waals surface area contributed by atoms with E-state index in [0.717, 1.165) is 49.0 Å². The number of hydrogen-bond acceptors (Lipinski definition) is 3. The molecule has 1 aliphatic heterocycles. The number of carbonyl (C=O) groups is 3. The molecule has 1 aromatic heterocycles. The van der Waals surface area contributed by atoms with E-state index in [9.17, 15) is 14.4 Å². The van der Waals surface area contributed by atoms with E-state index in [4.69, 9.17) is 0 Å². The zero-order valence-corrected chi connectivity index (χ0v) is 18.0. The Morgan fingerprint density at radius 3 is 2.42 bits per heavy atom. The number of nitrogens with one attached hydrogen (secondary N) is 1. The van der Waals surface area contributed by atoms with E-state index in [1.165, 1.54) is 0 Å². The Labute approximate surface area is 181 Å². The molecule has 0 radical (unpaired) electrons. The lowest BCUT2D eigenvalue weighted by atomic mass is 10.1. The van der Waals surface area contributed by atoms with Crippen molar-refractivity contribution in [1.29, 1.82) is 0 Å². The van der Waals surface area contributed by atoms with Gasteiger partial charge in [0.15, 0.2) is 0 Å². The van der Waals surface area contributed by atoms with Crippen LogP contribution in [0.4, 0.5) is 5.69 Å². The van der Waals surface area contributed by atoms with Crippen molar-refractivity contribution in [2.45, 2.75) is 39.7 Å². The Balaban J connectivity index is 1.58. The first-order chi connectivity index (χ1) is 14.9. The van der Waals surface area contributed by atoms with Gasteiger partial charge in [-0.05, 0) is 62.4 Å². The highest BCUT2D eigenvalue weighted by Crippen LogP contribution is 2.23. The molecular weight excluding hydrogens is 390 g/mol. The number of rotatable bonds is 5. The van der Waals surface area contributed by atoms with Crippen LogP contribution in [0.3, 0.4) is 0 Å². The summed E-state index contributed by atoms with van der Waals surface area (Å²) in [5.41, 5.74) is 3.83. The number of ketones is 1. The van der Waals surface area contributed by atoms with Gasteiger partial charge < -0.3 is 14.8 Å². The summed E-state index contributed by atoms with van der Waals surface area (Å²) < 4.78 is 1.78. The van der Waals surface area contributed by atoms with Crippen LogP contribution in [-0.4, -0.2) is 40.2 Å². The summed E-state index contributed by atoms with van der Waals surface area (Å²) in [6.07, 6.45) is 4.85. The molecule has 2 aromatic carbocycles. The summed E-state index contributed by atoms with van der Waals surface area (Å²) >= 11 is 0. The standard InChI is InChI=1S/C25H27N3O3/c1-17-10-11-19(14-18(17)2)26-25(31)24(30)21-15-28(22-9-5-4-8-20(21)22)16-23(29)27-12-6-3-7-13-27/h4-5,8-11,14-15H,3,6-7,12-13,16H2,1-2H3,(H,26,31). The third-order valence-electron chi connectivity index (χ3n) is 6.02. The van der Waals surface area contributed by atoms with Crippen molar-refractivity contribution in [1.82, 2.24) is 9.47 Å². The molecule has 1 N–H and O–H groups in total. The van der Waals surface area contributed by atoms with Gasteiger partial charge in [0.1, 0.15) is 6.54 Å². The van der Waals surface area contributed by atoms with Crippen LogP contribution in [0.25, 0.3) is 10.9 Å². The second kappa shape index (κ2) is 8.76. The van der Waals surface area contributed by atoms with Crippen molar-refractivity contribution < 1.29 is 14.4 Å². The van der Waals surface area contributed by atoms with Crippen molar-refractivity contribution in [3.63, 3.8) is 0 Å².